The molecule has 5 rings (SSSR count). The Kier molecular flexibility index (Phi) is 6.10. The molecular formula is C28H34Cl3NO3. The van der Waals surface area contributed by atoms with Crippen LogP contribution in [0.1, 0.15) is 66.2 Å². The van der Waals surface area contributed by atoms with E-state index in [1.165, 1.54) is 6.07 Å². The van der Waals surface area contributed by atoms with Gasteiger partial charge in [0.15, 0.2) is 0 Å². The monoisotopic (exact) mass is 537 g/mol. The van der Waals surface area contributed by atoms with E-state index in [4.69, 9.17) is 39.5 Å². The maximum atomic E-state index is 13.8. The smallest absolute Gasteiger partial charge is 0.306 e. The fraction of sp³-hybridized carbons (Fsp3) is 0.643. The van der Waals surface area contributed by atoms with E-state index in [-0.39, 0.29) is 40.5 Å². The highest BCUT2D eigenvalue weighted by Crippen LogP contribution is 2.72. The van der Waals surface area contributed by atoms with E-state index >= 15 is 0 Å². The summed E-state index contributed by atoms with van der Waals surface area (Å²) in [7, 11) is 0. The van der Waals surface area contributed by atoms with Crippen LogP contribution in [0.2, 0.25) is 15.1 Å². The molecule has 0 aromatic heterocycles. The predicted molar refractivity (Wildman–Crippen MR) is 141 cm³/mol. The molecule has 1 amide bonds. The molecule has 1 aliphatic heterocycles. The summed E-state index contributed by atoms with van der Waals surface area (Å²) in [5.74, 6) is 0.305. The molecule has 1 aromatic carbocycles. The molecule has 2 saturated carbocycles. The molecular weight excluding hydrogens is 505 g/mol. The molecule has 1 saturated heterocycles. The van der Waals surface area contributed by atoms with Crippen LogP contribution >= 0.6 is 34.8 Å². The van der Waals surface area contributed by atoms with Gasteiger partial charge in [0.1, 0.15) is 0 Å². The Bertz CT molecular complexity index is 1120. The standard InChI is InChI=1S/C28H34Cl3NO3/c1-25(2)9-5-10-26(3)21(25)8-11-27(4)22(26)7-6-16(28(27)14-23(33)35-15-28)24(34)32-20-13-18(30)17(29)12-19(20)31/h5,9,12-13,16,21-22H,6-8,10-11,14-15H2,1-4H3,(H,32,34)/t16-,21?,22-,26+,27-,28+/m1/s1. The Morgan fingerprint density at radius 1 is 1.00 bits per heavy atom. The highest BCUT2D eigenvalue weighted by atomic mass is 35.5. The van der Waals surface area contributed by atoms with Crippen LogP contribution in [0, 0.1) is 39.4 Å². The van der Waals surface area contributed by atoms with Crippen molar-refractivity contribution in [2.24, 2.45) is 39.4 Å². The van der Waals surface area contributed by atoms with Crippen molar-refractivity contribution in [3.05, 3.63) is 39.4 Å². The van der Waals surface area contributed by atoms with Gasteiger partial charge in [-0.2, -0.15) is 0 Å². The van der Waals surface area contributed by atoms with Crippen molar-refractivity contribution < 1.29 is 14.3 Å². The van der Waals surface area contributed by atoms with Crippen LogP contribution in [-0.2, 0) is 14.3 Å². The van der Waals surface area contributed by atoms with Crippen LogP contribution in [0.3, 0.4) is 0 Å². The molecule has 0 bridgehead atoms. The van der Waals surface area contributed by atoms with Crippen LogP contribution < -0.4 is 5.32 Å². The number of halogens is 3. The van der Waals surface area contributed by atoms with Gasteiger partial charge in [-0.15, -0.1) is 0 Å². The van der Waals surface area contributed by atoms with Crippen molar-refractivity contribution in [1.82, 2.24) is 0 Å². The van der Waals surface area contributed by atoms with Crippen molar-refractivity contribution in [3.8, 4) is 0 Å². The Labute approximate surface area is 223 Å². The summed E-state index contributed by atoms with van der Waals surface area (Å²) in [5, 5.41) is 4.02. The summed E-state index contributed by atoms with van der Waals surface area (Å²) in [6.07, 6.45) is 9.82. The maximum Gasteiger partial charge on any atom is 0.306 e. The van der Waals surface area contributed by atoms with Crippen LogP contribution in [-0.4, -0.2) is 18.5 Å². The molecule has 1 heterocycles. The van der Waals surface area contributed by atoms with Crippen molar-refractivity contribution in [2.45, 2.75) is 66.2 Å². The van der Waals surface area contributed by atoms with Crippen molar-refractivity contribution in [2.75, 3.05) is 11.9 Å². The summed E-state index contributed by atoms with van der Waals surface area (Å²) in [6, 6.07) is 3.13. The first-order chi connectivity index (χ1) is 16.3. The van der Waals surface area contributed by atoms with Gasteiger partial charge in [0.25, 0.3) is 0 Å². The molecule has 0 radical (unpaired) electrons. The Morgan fingerprint density at radius 3 is 2.40 bits per heavy atom. The van der Waals surface area contributed by atoms with Gasteiger partial charge in [0.2, 0.25) is 5.91 Å². The predicted octanol–water partition coefficient (Wildman–Crippen LogP) is 7.95. The molecule has 1 aromatic rings. The van der Waals surface area contributed by atoms with Crippen LogP contribution in [0.25, 0.3) is 0 Å². The summed E-state index contributed by atoms with van der Waals surface area (Å²) in [6.45, 7) is 9.79. The largest absolute Gasteiger partial charge is 0.465 e. The number of esters is 1. The van der Waals surface area contributed by atoms with Crippen molar-refractivity contribution in [3.63, 3.8) is 0 Å². The first-order valence-corrected chi connectivity index (χ1v) is 13.8. The molecule has 1 N–H and O–H groups in total. The summed E-state index contributed by atoms with van der Waals surface area (Å²) in [4.78, 5) is 26.5. The average molecular weight is 539 g/mol. The molecule has 35 heavy (non-hydrogen) atoms. The van der Waals surface area contributed by atoms with Gasteiger partial charge in [-0.05, 0) is 72.3 Å². The van der Waals surface area contributed by atoms with Crippen LogP contribution in [0.15, 0.2) is 24.3 Å². The second kappa shape index (κ2) is 8.39. The second-order valence-corrected chi connectivity index (χ2v) is 13.6. The van der Waals surface area contributed by atoms with Crippen LogP contribution in [0.4, 0.5) is 5.69 Å². The lowest BCUT2D eigenvalue weighted by atomic mass is 9.36. The molecule has 190 valence electrons. The summed E-state index contributed by atoms with van der Waals surface area (Å²) >= 11 is 18.7. The molecule has 6 atom stereocenters. The van der Waals surface area contributed by atoms with E-state index in [0.717, 1.165) is 25.7 Å². The minimum atomic E-state index is -0.543. The number of anilines is 1. The average Bonchev–Trinajstić information content (AvgIpc) is 3.15. The van der Waals surface area contributed by atoms with Gasteiger partial charge in [-0.3, -0.25) is 9.59 Å². The summed E-state index contributed by atoms with van der Waals surface area (Å²) < 4.78 is 5.66. The third-order valence-electron chi connectivity index (χ3n) is 10.4. The molecule has 1 unspecified atom stereocenters. The number of allylic oxidation sites excluding steroid dienone is 2. The number of fused-ring (bicyclic) bond motifs is 4. The third kappa shape index (κ3) is 3.68. The Balaban J connectivity index is 1.52. The first kappa shape index (κ1) is 25.4. The zero-order valence-corrected chi connectivity index (χ0v) is 23.1. The number of benzene rings is 1. The van der Waals surface area contributed by atoms with Crippen molar-refractivity contribution in [1.29, 1.82) is 0 Å². The lowest BCUT2D eigenvalue weighted by molar-refractivity contribution is -0.196. The first-order valence-electron chi connectivity index (χ1n) is 12.6. The van der Waals surface area contributed by atoms with Gasteiger partial charge in [0.05, 0.1) is 33.8 Å². The number of cyclic esters (lactones) is 1. The lowest BCUT2D eigenvalue weighted by Gasteiger charge is -2.68. The number of carbonyl (C=O) groups is 2. The molecule has 3 fully saturated rings. The third-order valence-corrected chi connectivity index (χ3v) is 11.4. The van der Waals surface area contributed by atoms with Gasteiger partial charge < -0.3 is 10.1 Å². The minimum Gasteiger partial charge on any atom is -0.465 e. The van der Waals surface area contributed by atoms with E-state index < -0.39 is 5.41 Å². The highest BCUT2D eigenvalue weighted by Gasteiger charge is 2.70. The van der Waals surface area contributed by atoms with Crippen molar-refractivity contribution >= 4 is 52.4 Å². The van der Waals surface area contributed by atoms with E-state index in [0.29, 0.717) is 45.6 Å². The van der Waals surface area contributed by atoms with E-state index in [9.17, 15) is 9.59 Å². The SMILES string of the molecule is CC1(C)C=CC[C@@]2(C)C1CC[C@]1(C)[C@@H]2CC[C@H](C(=O)Nc2cc(Cl)c(Cl)cc2Cl)[C@]12COC(=O)C2. The molecule has 4 aliphatic rings. The van der Waals surface area contributed by atoms with Crippen LogP contribution in [0.5, 0.6) is 0 Å². The second-order valence-electron chi connectivity index (χ2n) is 12.4. The highest BCUT2D eigenvalue weighted by molar-refractivity contribution is 6.44. The zero-order chi connectivity index (χ0) is 25.4. The molecule has 3 aliphatic carbocycles. The fourth-order valence-electron chi connectivity index (χ4n) is 8.79. The zero-order valence-electron chi connectivity index (χ0n) is 20.8. The normalized spacial score (nSPS) is 39.6. The van der Waals surface area contributed by atoms with E-state index in [1.807, 2.05) is 0 Å². The molecule has 1 spiro atoms. The quantitative estimate of drug-likeness (QED) is 0.236. The number of hydrogen-bond acceptors (Lipinski definition) is 3. The Hall–Kier alpha value is -1.23. The van der Waals surface area contributed by atoms with Gasteiger partial charge in [-0.25, -0.2) is 0 Å². The van der Waals surface area contributed by atoms with E-state index in [1.54, 1.807) is 6.07 Å². The fourth-order valence-corrected chi connectivity index (χ4v) is 9.38. The number of rotatable bonds is 2. The topological polar surface area (TPSA) is 55.4 Å². The summed E-state index contributed by atoms with van der Waals surface area (Å²) in [5.41, 5.74) is -0.0267. The van der Waals surface area contributed by atoms with Gasteiger partial charge in [-0.1, -0.05) is 74.6 Å². The molecule has 7 heteroatoms. The number of ether oxygens (including phenoxy) is 1. The lowest BCUT2D eigenvalue weighted by Crippen LogP contribution is -2.64. The molecule has 4 nitrogen and oxygen atoms in total. The van der Waals surface area contributed by atoms with E-state index in [2.05, 4.69) is 45.2 Å². The van der Waals surface area contributed by atoms with Gasteiger partial charge in [0, 0.05) is 11.3 Å². The number of amides is 1. The Morgan fingerprint density at radius 2 is 1.71 bits per heavy atom. The number of nitrogens with one attached hydrogen (secondary N) is 1. The minimum absolute atomic E-state index is 0.123. The maximum absolute atomic E-state index is 13.8. The number of hydrogen-bond donors (Lipinski definition) is 1. The number of carbonyl (C=O) groups excluding carboxylic acids is 2. The van der Waals surface area contributed by atoms with Gasteiger partial charge >= 0.3 is 5.97 Å².